The molecule has 0 spiro atoms. The lowest BCUT2D eigenvalue weighted by Crippen LogP contribution is -2.52. The highest BCUT2D eigenvalue weighted by Crippen LogP contribution is 2.33. The van der Waals surface area contributed by atoms with Crippen molar-refractivity contribution in [3.63, 3.8) is 0 Å². The van der Waals surface area contributed by atoms with Gasteiger partial charge in [0.25, 0.3) is 11.8 Å². The van der Waals surface area contributed by atoms with E-state index in [2.05, 4.69) is 50.5 Å². The average molecular weight is 753 g/mol. The first-order chi connectivity index (χ1) is 27.2. The molecule has 1 unspecified atom stereocenters. The molecule has 0 saturated carbocycles. The highest BCUT2D eigenvalue weighted by Gasteiger charge is 2.39. The number of likely N-dealkylation sites (tertiary alicyclic amines) is 1. The van der Waals surface area contributed by atoms with Crippen molar-refractivity contribution < 1.29 is 19.2 Å². The van der Waals surface area contributed by atoms with Gasteiger partial charge in [0, 0.05) is 77.4 Å². The summed E-state index contributed by atoms with van der Waals surface area (Å²) >= 11 is 0. The van der Waals surface area contributed by atoms with E-state index in [1.807, 2.05) is 54.2 Å². The number of benzene rings is 2. The van der Waals surface area contributed by atoms with Crippen molar-refractivity contribution >= 4 is 51.3 Å². The molecule has 5 aromatic rings. The Morgan fingerprint density at radius 3 is 2.64 bits per heavy atom. The molecule has 3 aromatic heterocycles. The molecular formula is C44H48N8O4. The summed E-state index contributed by atoms with van der Waals surface area (Å²) in [6.45, 7) is 4.23. The quantitative estimate of drug-likeness (QED) is 0.0724. The number of nitrogens with zero attached hydrogens (tertiary/aromatic N) is 5. The molecule has 6 heterocycles. The molecule has 56 heavy (non-hydrogen) atoms. The Morgan fingerprint density at radius 1 is 0.982 bits per heavy atom. The highest BCUT2D eigenvalue weighted by atomic mass is 16.2. The number of aromatic amines is 1. The standard InChI is InChI=1S/C44H48N8O4/c1-28-32-18-17-30(42(54)47-40-25-35-31(26-45-40)23-36(46-35)37-16-12-21-50(37)2)24-39(32)52(49-28)22-10-8-6-4-3-5-7-9-13-29-14-11-15-33-34(29)27-51(44(33)56)38-19-20-41(53)48-43(38)55/h11,14-15,17-18,23-26,37-38,46H,3-8,10,12,16,19-22,27H2,1-2H3,(H,45,47,54)(H,48,53,55)/t37-,38?/m1/s1. The van der Waals surface area contributed by atoms with E-state index in [1.54, 1.807) is 11.0 Å². The van der Waals surface area contributed by atoms with Gasteiger partial charge in [0.1, 0.15) is 11.9 Å². The maximum atomic E-state index is 13.4. The zero-order chi connectivity index (χ0) is 38.8. The number of aromatic nitrogens is 4. The molecule has 2 fully saturated rings. The highest BCUT2D eigenvalue weighted by molar-refractivity contribution is 6.07. The number of anilines is 1. The van der Waals surface area contributed by atoms with E-state index in [0.717, 1.165) is 103 Å². The van der Waals surface area contributed by atoms with Crippen LogP contribution in [-0.4, -0.2) is 72.8 Å². The minimum atomic E-state index is -0.629. The summed E-state index contributed by atoms with van der Waals surface area (Å²) in [6, 6.07) is 15.2. The van der Waals surface area contributed by atoms with Crippen LogP contribution in [0.1, 0.15) is 120 Å². The Labute approximate surface area is 326 Å². The van der Waals surface area contributed by atoms with Gasteiger partial charge in [-0.1, -0.05) is 49.7 Å². The Balaban J connectivity index is 0.786. The number of carbonyl (C=O) groups is 4. The smallest absolute Gasteiger partial charge is 0.256 e. The number of pyridine rings is 1. The van der Waals surface area contributed by atoms with E-state index < -0.39 is 11.9 Å². The van der Waals surface area contributed by atoms with Gasteiger partial charge in [0.2, 0.25) is 11.8 Å². The predicted octanol–water partition coefficient (Wildman–Crippen LogP) is 6.78. The monoisotopic (exact) mass is 752 g/mol. The van der Waals surface area contributed by atoms with Gasteiger partial charge < -0.3 is 15.2 Å². The number of imide groups is 1. The van der Waals surface area contributed by atoms with E-state index in [9.17, 15) is 19.2 Å². The zero-order valence-corrected chi connectivity index (χ0v) is 32.1. The molecule has 3 N–H and O–H groups in total. The van der Waals surface area contributed by atoms with Crippen LogP contribution in [-0.2, 0) is 22.7 Å². The first-order valence-electron chi connectivity index (χ1n) is 20.0. The number of hydrogen-bond acceptors (Lipinski definition) is 7. The first kappa shape index (κ1) is 37.1. The summed E-state index contributed by atoms with van der Waals surface area (Å²) in [4.78, 5) is 62.5. The third kappa shape index (κ3) is 7.69. The Morgan fingerprint density at radius 2 is 1.82 bits per heavy atom. The van der Waals surface area contributed by atoms with Gasteiger partial charge in [-0.25, -0.2) is 4.98 Å². The molecule has 288 valence electrons. The second-order valence-electron chi connectivity index (χ2n) is 15.4. The molecule has 0 radical (unpaired) electrons. The summed E-state index contributed by atoms with van der Waals surface area (Å²) < 4.78 is 2.03. The van der Waals surface area contributed by atoms with E-state index in [-0.39, 0.29) is 24.1 Å². The fourth-order valence-electron chi connectivity index (χ4n) is 8.48. The fourth-order valence-corrected chi connectivity index (χ4v) is 8.48. The van der Waals surface area contributed by atoms with Crippen molar-refractivity contribution in [1.29, 1.82) is 0 Å². The second kappa shape index (κ2) is 16.1. The number of nitrogens with one attached hydrogen (secondary N) is 3. The maximum Gasteiger partial charge on any atom is 0.256 e. The predicted molar refractivity (Wildman–Crippen MR) is 215 cm³/mol. The molecule has 0 bridgehead atoms. The lowest BCUT2D eigenvalue weighted by molar-refractivity contribution is -0.136. The van der Waals surface area contributed by atoms with Crippen LogP contribution in [0.5, 0.6) is 0 Å². The van der Waals surface area contributed by atoms with Crippen LogP contribution >= 0.6 is 0 Å². The van der Waals surface area contributed by atoms with Crippen LogP contribution in [0, 0.1) is 18.8 Å². The van der Waals surface area contributed by atoms with Crippen molar-refractivity contribution in [3.8, 4) is 11.8 Å². The number of unbranched alkanes of at least 4 members (excludes halogenated alkanes) is 6. The fraction of sp³-hybridized carbons (Fsp3) is 0.409. The third-order valence-corrected chi connectivity index (χ3v) is 11.6. The number of H-pyrrole nitrogens is 1. The van der Waals surface area contributed by atoms with E-state index in [4.69, 9.17) is 5.10 Å². The second-order valence-corrected chi connectivity index (χ2v) is 15.4. The molecule has 0 aliphatic carbocycles. The number of carbonyl (C=O) groups excluding carboxylic acids is 4. The van der Waals surface area contributed by atoms with Gasteiger partial charge in [0.05, 0.1) is 16.7 Å². The first-order valence-corrected chi connectivity index (χ1v) is 20.0. The summed E-state index contributed by atoms with van der Waals surface area (Å²) in [5.41, 5.74) is 6.92. The van der Waals surface area contributed by atoms with Crippen molar-refractivity contribution in [2.45, 2.75) is 103 Å². The van der Waals surface area contributed by atoms with Gasteiger partial charge in [-0.2, -0.15) is 5.10 Å². The summed E-state index contributed by atoms with van der Waals surface area (Å²) in [5, 5.41) is 12.2. The molecule has 2 atom stereocenters. The Hall–Kier alpha value is -5.80. The maximum absolute atomic E-state index is 13.4. The lowest BCUT2D eigenvalue weighted by Gasteiger charge is -2.29. The molecule has 12 heteroatoms. The minimum Gasteiger partial charge on any atom is -0.357 e. The summed E-state index contributed by atoms with van der Waals surface area (Å²) in [6.07, 6.45) is 11.9. The molecule has 3 aliphatic rings. The van der Waals surface area contributed by atoms with Crippen LogP contribution in [0.4, 0.5) is 5.82 Å². The Kier molecular flexibility index (Phi) is 10.7. The number of aryl methyl sites for hydroxylation is 2. The van der Waals surface area contributed by atoms with E-state index >= 15 is 0 Å². The minimum absolute atomic E-state index is 0.178. The number of hydrogen-bond donors (Lipinski definition) is 3. The Bertz CT molecular complexity index is 2400. The van der Waals surface area contributed by atoms with E-state index in [1.165, 1.54) is 12.1 Å². The van der Waals surface area contributed by atoms with Crippen LogP contribution in [0.2, 0.25) is 0 Å². The molecule has 3 aliphatic heterocycles. The number of amides is 4. The molecule has 2 saturated heterocycles. The number of piperidine rings is 1. The van der Waals surface area contributed by atoms with Gasteiger partial charge in [-0.15, -0.1) is 0 Å². The van der Waals surface area contributed by atoms with Crippen LogP contribution in [0.25, 0.3) is 21.8 Å². The van der Waals surface area contributed by atoms with Crippen LogP contribution < -0.4 is 10.6 Å². The van der Waals surface area contributed by atoms with Crippen molar-refractivity contribution in [2.24, 2.45) is 0 Å². The molecule has 4 amide bonds. The van der Waals surface area contributed by atoms with Gasteiger partial charge >= 0.3 is 0 Å². The van der Waals surface area contributed by atoms with Gasteiger partial charge in [0.15, 0.2) is 0 Å². The van der Waals surface area contributed by atoms with Crippen molar-refractivity contribution in [2.75, 3.05) is 18.9 Å². The number of rotatable bonds is 12. The average Bonchev–Trinajstić information content (AvgIpc) is 3.97. The normalized spacial score (nSPS) is 18.4. The van der Waals surface area contributed by atoms with Crippen LogP contribution in [0.15, 0.2) is 54.7 Å². The SMILES string of the molecule is Cc1nn(CCCCCCCCC#Cc2cccc3c2CN(C2CCC(=O)NC2=O)C3=O)c2cc(C(=O)Nc3cc4[nH]c([C@H]5CCCN5C)cc4cn3)ccc12. The van der Waals surface area contributed by atoms with Gasteiger partial charge in [-0.05, 0) is 88.5 Å². The van der Waals surface area contributed by atoms with Crippen molar-refractivity contribution in [1.82, 2.24) is 34.9 Å². The van der Waals surface area contributed by atoms with Crippen LogP contribution in [0.3, 0.4) is 0 Å². The topological polar surface area (TPSA) is 145 Å². The molecule has 8 rings (SSSR count). The summed E-state index contributed by atoms with van der Waals surface area (Å²) in [5.74, 6) is 6.00. The van der Waals surface area contributed by atoms with Crippen molar-refractivity contribution in [3.05, 3.63) is 88.4 Å². The lowest BCUT2D eigenvalue weighted by atomic mass is 10.0. The van der Waals surface area contributed by atoms with Gasteiger partial charge in [-0.3, -0.25) is 34.1 Å². The largest absolute Gasteiger partial charge is 0.357 e. The molecular weight excluding hydrogens is 705 g/mol. The molecule has 2 aromatic carbocycles. The van der Waals surface area contributed by atoms with E-state index in [0.29, 0.717) is 36.0 Å². The molecule has 12 nitrogen and oxygen atoms in total. The third-order valence-electron chi connectivity index (χ3n) is 11.6. The summed E-state index contributed by atoms with van der Waals surface area (Å²) in [7, 11) is 2.16. The zero-order valence-electron chi connectivity index (χ0n) is 32.1. The number of fused-ring (bicyclic) bond motifs is 3.